The first kappa shape index (κ1) is 19.3. The zero-order valence-electron chi connectivity index (χ0n) is 13.4. The molecule has 1 aromatic heterocycles. The number of hydrogen-bond donors (Lipinski definition) is 3. The summed E-state index contributed by atoms with van der Waals surface area (Å²) in [6.07, 6.45) is 2.31. The van der Waals surface area contributed by atoms with E-state index >= 15 is 0 Å². The third kappa shape index (κ3) is 7.20. The molecule has 0 saturated heterocycles. The fourth-order valence-corrected chi connectivity index (χ4v) is 3.41. The van der Waals surface area contributed by atoms with Crippen molar-refractivity contribution in [3.63, 3.8) is 0 Å². The summed E-state index contributed by atoms with van der Waals surface area (Å²) >= 11 is 1.40. The molecule has 0 aliphatic rings. The predicted molar refractivity (Wildman–Crippen MR) is 91.9 cm³/mol. The second-order valence-electron chi connectivity index (χ2n) is 5.19. The minimum Gasteiger partial charge on any atom is -0.355 e. The third-order valence-electron chi connectivity index (χ3n) is 3.07. The number of aromatic amines is 1. The SMILES string of the molecule is CS(=O)(=O)NC(CC(=O)NCCSc1ncn[nH]1)c1ccc(F)cc1. The van der Waals surface area contributed by atoms with E-state index in [1.807, 2.05) is 0 Å². The largest absolute Gasteiger partial charge is 0.355 e. The molecular formula is C14H18FN5O3S2. The molecule has 2 aromatic rings. The van der Waals surface area contributed by atoms with Gasteiger partial charge in [0.15, 0.2) is 5.16 Å². The van der Waals surface area contributed by atoms with Gasteiger partial charge in [-0.15, -0.1) is 0 Å². The van der Waals surface area contributed by atoms with E-state index in [1.54, 1.807) is 0 Å². The molecule has 1 amide bonds. The topological polar surface area (TPSA) is 117 Å². The fraction of sp³-hybridized carbons (Fsp3) is 0.357. The van der Waals surface area contributed by atoms with Crippen molar-refractivity contribution in [1.29, 1.82) is 0 Å². The number of amides is 1. The monoisotopic (exact) mass is 387 g/mol. The molecule has 3 N–H and O–H groups in total. The van der Waals surface area contributed by atoms with Crippen LogP contribution in [0.1, 0.15) is 18.0 Å². The Morgan fingerprint density at radius 1 is 1.36 bits per heavy atom. The van der Waals surface area contributed by atoms with Crippen molar-refractivity contribution in [3.8, 4) is 0 Å². The number of sulfonamides is 1. The summed E-state index contributed by atoms with van der Waals surface area (Å²) in [7, 11) is -3.53. The number of thioether (sulfide) groups is 1. The lowest BCUT2D eigenvalue weighted by Gasteiger charge is -2.17. The van der Waals surface area contributed by atoms with Crippen molar-refractivity contribution < 1.29 is 17.6 Å². The molecule has 2 rings (SSSR count). The molecule has 0 radical (unpaired) electrons. The van der Waals surface area contributed by atoms with Gasteiger partial charge < -0.3 is 5.32 Å². The third-order valence-corrected chi connectivity index (χ3v) is 4.67. The molecule has 1 aromatic carbocycles. The van der Waals surface area contributed by atoms with Gasteiger partial charge >= 0.3 is 0 Å². The smallest absolute Gasteiger partial charge is 0.221 e. The number of carbonyl (C=O) groups excluding carboxylic acids is 1. The van der Waals surface area contributed by atoms with E-state index in [1.165, 1.54) is 42.4 Å². The van der Waals surface area contributed by atoms with Crippen LogP contribution in [0.15, 0.2) is 35.7 Å². The lowest BCUT2D eigenvalue weighted by Crippen LogP contribution is -2.34. The highest BCUT2D eigenvalue weighted by Gasteiger charge is 2.19. The second-order valence-corrected chi connectivity index (χ2v) is 8.05. The lowest BCUT2D eigenvalue weighted by atomic mass is 10.0. The van der Waals surface area contributed by atoms with E-state index in [4.69, 9.17) is 0 Å². The molecule has 11 heteroatoms. The van der Waals surface area contributed by atoms with Crippen LogP contribution in [0.2, 0.25) is 0 Å². The van der Waals surface area contributed by atoms with Crippen LogP contribution in [0.4, 0.5) is 4.39 Å². The van der Waals surface area contributed by atoms with Crippen LogP contribution >= 0.6 is 11.8 Å². The van der Waals surface area contributed by atoms with Crippen LogP contribution in [-0.4, -0.2) is 48.1 Å². The van der Waals surface area contributed by atoms with Crippen molar-refractivity contribution in [1.82, 2.24) is 25.2 Å². The number of carbonyl (C=O) groups is 1. The van der Waals surface area contributed by atoms with Crippen molar-refractivity contribution in [2.24, 2.45) is 0 Å². The van der Waals surface area contributed by atoms with Crippen LogP contribution in [0.25, 0.3) is 0 Å². The quantitative estimate of drug-likeness (QED) is 0.433. The molecule has 25 heavy (non-hydrogen) atoms. The van der Waals surface area contributed by atoms with E-state index in [0.717, 1.165) is 6.26 Å². The number of benzene rings is 1. The van der Waals surface area contributed by atoms with Crippen molar-refractivity contribution >= 4 is 27.7 Å². The Bertz CT molecular complexity index is 781. The van der Waals surface area contributed by atoms with E-state index < -0.39 is 21.9 Å². The van der Waals surface area contributed by atoms with Crippen LogP contribution in [0.5, 0.6) is 0 Å². The van der Waals surface area contributed by atoms with Gasteiger partial charge in [0.05, 0.1) is 12.3 Å². The number of H-pyrrole nitrogens is 1. The molecular weight excluding hydrogens is 369 g/mol. The van der Waals surface area contributed by atoms with Gasteiger partial charge in [0.1, 0.15) is 12.1 Å². The van der Waals surface area contributed by atoms with Gasteiger partial charge in [-0.05, 0) is 17.7 Å². The van der Waals surface area contributed by atoms with Gasteiger partial charge in [-0.2, -0.15) is 5.10 Å². The summed E-state index contributed by atoms with van der Waals surface area (Å²) in [6, 6.07) is 4.57. The van der Waals surface area contributed by atoms with Crippen molar-refractivity contribution in [2.75, 3.05) is 18.6 Å². The highest BCUT2D eigenvalue weighted by Crippen LogP contribution is 2.18. The molecule has 1 unspecified atom stereocenters. The number of hydrogen-bond acceptors (Lipinski definition) is 6. The number of aromatic nitrogens is 3. The summed E-state index contributed by atoms with van der Waals surface area (Å²) < 4.78 is 38.5. The van der Waals surface area contributed by atoms with E-state index in [2.05, 4.69) is 25.2 Å². The Morgan fingerprint density at radius 3 is 2.68 bits per heavy atom. The van der Waals surface area contributed by atoms with E-state index in [9.17, 15) is 17.6 Å². The maximum atomic E-state index is 13.0. The average Bonchev–Trinajstić information content (AvgIpc) is 3.04. The standard InChI is InChI=1S/C14H18FN5O3S2/c1-25(22,23)20-12(10-2-4-11(15)5-3-10)8-13(21)16-6-7-24-14-17-9-18-19-14/h2-5,9,12,20H,6-8H2,1H3,(H,16,21)(H,17,18,19). The highest BCUT2D eigenvalue weighted by molar-refractivity contribution is 7.99. The molecule has 0 aliphatic heterocycles. The second kappa shape index (κ2) is 8.92. The van der Waals surface area contributed by atoms with Gasteiger partial charge in [0, 0.05) is 18.7 Å². The molecule has 8 nitrogen and oxygen atoms in total. The minimum absolute atomic E-state index is 0.0916. The highest BCUT2D eigenvalue weighted by atomic mass is 32.2. The first-order valence-electron chi connectivity index (χ1n) is 7.31. The van der Waals surface area contributed by atoms with Crippen molar-refractivity contribution in [2.45, 2.75) is 17.6 Å². The van der Waals surface area contributed by atoms with Gasteiger partial charge in [0.25, 0.3) is 0 Å². The maximum Gasteiger partial charge on any atom is 0.221 e. The summed E-state index contributed by atoms with van der Waals surface area (Å²) in [4.78, 5) is 16.0. The van der Waals surface area contributed by atoms with Crippen LogP contribution in [-0.2, 0) is 14.8 Å². The molecule has 0 saturated carbocycles. The number of nitrogens with zero attached hydrogens (tertiary/aromatic N) is 2. The number of rotatable bonds is 9. The van der Waals surface area contributed by atoms with Crippen LogP contribution in [0, 0.1) is 5.82 Å². The van der Waals surface area contributed by atoms with Gasteiger partial charge in [-0.1, -0.05) is 23.9 Å². The number of halogens is 1. The first-order valence-corrected chi connectivity index (χ1v) is 10.2. The van der Waals surface area contributed by atoms with Crippen LogP contribution in [0.3, 0.4) is 0 Å². The molecule has 136 valence electrons. The molecule has 0 bridgehead atoms. The summed E-state index contributed by atoms with van der Waals surface area (Å²) in [5.41, 5.74) is 0.512. The van der Waals surface area contributed by atoms with Gasteiger partial charge in [-0.3, -0.25) is 9.89 Å². The molecule has 1 heterocycles. The Hall–Kier alpha value is -1.98. The normalized spacial score (nSPS) is 12.7. The summed E-state index contributed by atoms with van der Waals surface area (Å²) in [5, 5.41) is 9.77. The van der Waals surface area contributed by atoms with Crippen LogP contribution < -0.4 is 10.0 Å². The molecule has 0 aliphatic carbocycles. The Kier molecular flexibility index (Phi) is 6.91. The Labute approximate surface area is 149 Å². The maximum absolute atomic E-state index is 13.0. The zero-order chi connectivity index (χ0) is 18.3. The lowest BCUT2D eigenvalue weighted by molar-refractivity contribution is -0.121. The number of nitrogens with one attached hydrogen (secondary N) is 3. The summed E-state index contributed by atoms with van der Waals surface area (Å²) in [6.45, 7) is 0.388. The van der Waals surface area contributed by atoms with E-state index in [-0.39, 0.29) is 12.3 Å². The average molecular weight is 387 g/mol. The first-order chi connectivity index (χ1) is 11.8. The predicted octanol–water partition coefficient (Wildman–Crippen LogP) is 0.833. The minimum atomic E-state index is -3.53. The molecule has 0 fully saturated rings. The summed E-state index contributed by atoms with van der Waals surface area (Å²) in [5.74, 6) is -0.166. The fourth-order valence-electron chi connectivity index (χ4n) is 2.04. The van der Waals surface area contributed by atoms with E-state index in [0.29, 0.717) is 23.0 Å². The molecule has 0 spiro atoms. The van der Waals surface area contributed by atoms with Crippen molar-refractivity contribution in [3.05, 3.63) is 42.0 Å². The van der Waals surface area contributed by atoms with Gasteiger partial charge in [-0.25, -0.2) is 22.5 Å². The Balaban J connectivity index is 1.88. The zero-order valence-corrected chi connectivity index (χ0v) is 15.0. The molecule has 1 atom stereocenters. The Morgan fingerprint density at radius 2 is 2.08 bits per heavy atom. The van der Waals surface area contributed by atoms with Gasteiger partial charge in [0.2, 0.25) is 15.9 Å².